The number of likely N-dealkylation sites (tertiary alicyclic amines) is 1. The molecule has 36 heavy (non-hydrogen) atoms. The molecule has 1 N–H and O–H groups in total. The van der Waals surface area contributed by atoms with Gasteiger partial charge in [0.05, 0.1) is 6.54 Å². The summed E-state index contributed by atoms with van der Waals surface area (Å²) >= 11 is 0. The maximum Gasteiger partial charge on any atom is 0.219 e. The first-order chi connectivity index (χ1) is 17.4. The average Bonchev–Trinajstić information content (AvgIpc) is 3.04. The van der Waals surface area contributed by atoms with E-state index in [1.54, 1.807) is 11.8 Å². The highest BCUT2D eigenvalue weighted by atomic mass is 16.5. The Bertz CT molecular complexity index is 959. The topological polar surface area (TPSA) is 65.5 Å². The lowest BCUT2D eigenvalue weighted by Gasteiger charge is -2.32. The number of rotatable bonds is 9. The van der Waals surface area contributed by atoms with Gasteiger partial charge in [0.2, 0.25) is 5.91 Å². The van der Waals surface area contributed by atoms with Crippen LogP contribution in [0, 0.1) is 6.92 Å². The predicted molar refractivity (Wildman–Crippen MR) is 141 cm³/mol. The molecule has 0 bridgehead atoms. The zero-order chi connectivity index (χ0) is 25.4. The summed E-state index contributed by atoms with van der Waals surface area (Å²) in [6, 6.07) is 16.0. The van der Waals surface area contributed by atoms with E-state index in [1.165, 1.54) is 32.4 Å². The monoisotopic (exact) mass is 495 g/mol. The van der Waals surface area contributed by atoms with Gasteiger partial charge < -0.3 is 19.5 Å². The molecule has 1 atom stereocenters. The fraction of sp³-hybridized carbons (Fsp3) is 0.552. The highest BCUT2D eigenvalue weighted by Gasteiger charge is 2.36. The Hall–Kier alpha value is -2.61. The zero-order valence-electron chi connectivity index (χ0n) is 21.8. The third-order valence-corrected chi connectivity index (χ3v) is 7.12. The molecular formula is C29H41N3O4. The second-order valence-corrected chi connectivity index (χ2v) is 10.4. The molecule has 2 aliphatic rings. The largest absolute Gasteiger partial charge is 0.492 e. The van der Waals surface area contributed by atoms with Crippen molar-refractivity contribution in [3.05, 3.63) is 59.7 Å². The number of carbonyl (C=O) groups excluding carboxylic acids is 1. The van der Waals surface area contributed by atoms with Crippen LogP contribution in [0.1, 0.15) is 37.3 Å². The first-order valence-corrected chi connectivity index (χ1v) is 13.2. The molecule has 4 rings (SSSR count). The van der Waals surface area contributed by atoms with Crippen LogP contribution < -0.4 is 9.47 Å². The molecule has 0 radical (unpaired) electrons. The lowest BCUT2D eigenvalue weighted by Crippen LogP contribution is -2.51. The lowest BCUT2D eigenvalue weighted by atomic mass is 10.0. The summed E-state index contributed by atoms with van der Waals surface area (Å²) in [6.07, 6.45) is 3.94. The van der Waals surface area contributed by atoms with E-state index in [9.17, 15) is 9.90 Å². The summed E-state index contributed by atoms with van der Waals surface area (Å²) in [4.78, 5) is 18.6. The molecule has 2 aliphatic heterocycles. The fourth-order valence-electron chi connectivity index (χ4n) is 5.01. The van der Waals surface area contributed by atoms with E-state index >= 15 is 0 Å². The number of benzene rings is 2. The van der Waals surface area contributed by atoms with Crippen molar-refractivity contribution in [2.75, 3.05) is 59.0 Å². The van der Waals surface area contributed by atoms with Crippen molar-refractivity contribution in [2.24, 2.45) is 0 Å². The molecule has 2 aromatic carbocycles. The zero-order valence-corrected chi connectivity index (χ0v) is 21.8. The minimum absolute atomic E-state index is 0.0309. The van der Waals surface area contributed by atoms with E-state index < -0.39 is 5.60 Å². The number of ether oxygens (including phenoxy) is 2. The molecule has 0 spiro atoms. The van der Waals surface area contributed by atoms with Crippen LogP contribution in [-0.4, -0.2) is 90.3 Å². The average molecular weight is 496 g/mol. The minimum atomic E-state index is -1.16. The van der Waals surface area contributed by atoms with Crippen molar-refractivity contribution in [2.45, 2.75) is 45.3 Å². The Morgan fingerprint density at radius 1 is 0.861 bits per heavy atom. The van der Waals surface area contributed by atoms with Crippen LogP contribution in [0.2, 0.25) is 0 Å². The molecule has 0 aromatic heterocycles. The van der Waals surface area contributed by atoms with Crippen LogP contribution in [0.5, 0.6) is 11.5 Å². The lowest BCUT2D eigenvalue weighted by molar-refractivity contribution is -0.132. The minimum Gasteiger partial charge on any atom is -0.492 e. The van der Waals surface area contributed by atoms with E-state index in [2.05, 4.69) is 21.9 Å². The fourth-order valence-corrected chi connectivity index (χ4v) is 5.01. The molecule has 2 fully saturated rings. The van der Waals surface area contributed by atoms with Crippen molar-refractivity contribution in [3.63, 3.8) is 0 Å². The van der Waals surface area contributed by atoms with E-state index in [4.69, 9.17) is 9.47 Å². The summed E-state index contributed by atoms with van der Waals surface area (Å²) < 4.78 is 11.9. The molecule has 196 valence electrons. The summed E-state index contributed by atoms with van der Waals surface area (Å²) in [5.41, 5.74) is 1.14. The van der Waals surface area contributed by atoms with Gasteiger partial charge in [0.25, 0.3) is 0 Å². The van der Waals surface area contributed by atoms with Crippen LogP contribution in [0.4, 0.5) is 0 Å². The van der Waals surface area contributed by atoms with Gasteiger partial charge in [-0.05, 0) is 62.7 Å². The second-order valence-electron chi connectivity index (χ2n) is 10.4. The molecule has 7 nitrogen and oxygen atoms in total. The number of hydrogen-bond donors (Lipinski definition) is 1. The number of piperidine rings is 1. The van der Waals surface area contributed by atoms with Crippen molar-refractivity contribution in [3.8, 4) is 11.5 Å². The molecule has 2 heterocycles. The number of aliphatic hydroxyl groups is 1. The third-order valence-electron chi connectivity index (χ3n) is 7.12. The SMILES string of the molecule is CC(=O)N1CCN(Cc2ccc(OCCN3CCCCC3)cc2)CC(O)(COc2ccc(C)cc2)C1. The van der Waals surface area contributed by atoms with Crippen molar-refractivity contribution in [1.82, 2.24) is 14.7 Å². The Kier molecular flexibility index (Phi) is 9.24. The smallest absolute Gasteiger partial charge is 0.219 e. The summed E-state index contributed by atoms with van der Waals surface area (Å²) in [6.45, 7) is 10.4. The van der Waals surface area contributed by atoms with Crippen LogP contribution >= 0.6 is 0 Å². The first-order valence-electron chi connectivity index (χ1n) is 13.2. The van der Waals surface area contributed by atoms with Gasteiger partial charge in [-0.1, -0.05) is 36.2 Å². The molecule has 2 saturated heterocycles. The predicted octanol–water partition coefficient (Wildman–Crippen LogP) is 3.33. The number of hydrogen-bond acceptors (Lipinski definition) is 6. The standard InChI is InChI=1S/C29H41N3O4/c1-24-6-10-28(11-7-24)36-23-29(34)21-31(16-17-32(22-29)25(2)33)20-26-8-12-27(13-9-26)35-19-18-30-14-4-3-5-15-30/h6-13,34H,3-5,14-23H2,1-2H3. The maximum absolute atomic E-state index is 12.2. The van der Waals surface area contributed by atoms with Crippen LogP contribution in [0.3, 0.4) is 0 Å². The first kappa shape index (κ1) is 26.5. The van der Waals surface area contributed by atoms with E-state index in [1.807, 2.05) is 43.3 Å². The van der Waals surface area contributed by atoms with Gasteiger partial charge in [-0.15, -0.1) is 0 Å². The number of β-amino-alcohol motifs (C(OH)–C–C–N with tert-alkyl or cyclic N) is 1. The Balaban J connectivity index is 1.32. The van der Waals surface area contributed by atoms with Gasteiger partial charge in [-0.3, -0.25) is 14.6 Å². The van der Waals surface area contributed by atoms with E-state index in [0.717, 1.165) is 29.2 Å². The second kappa shape index (κ2) is 12.6. The quantitative estimate of drug-likeness (QED) is 0.576. The number of nitrogens with zero attached hydrogens (tertiary/aromatic N) is 3. The van der Waals surface area contributed by atoms with Crippen LogP contribution in [0.25, 0.3) is 0 Å². The van der Waals surface area contributed by atoms with Crippen molar-refractivity contribution >= 4 is 5.91 Å². The molecule has 0 saturated carbocycles. The van der Waals surface area contributed by atoms with E-state index in [0.29, 0.717) is 32.8 Å². The molecule has 2 aromatic rings. The van der Waals surface area contributed by atoms with Gasteiger partial charge in [0.15, 0.2) is 0 Å². The summed E-state index contributed by atoms with van der Waals surface area (Å²) in [5.74, 6) is 1.57. The van der Waals surface area contributed by atoms with Crippen molar-refractivity contribution in [1.29, 1.82) is 0 Å². The van der Waals surface area contributed by atoms with Gasteiger partial charge in [0, 0.05) is 39.6 Å². The van der Waals surface area contributed by atoms with Gasteiger partial charge >= 0.3 is 0 Å². The van der Waals surface area contributed by atoms with Gasteiger partial charge in [0.1, 0.15) is 30.3 Å². The van der Waals surface area contributed by atoms with E-state index in [-0.39, 0.29) is 19.1 Å². The van der Waals surface area contributed by atoms with Gasteiger partial charge in [-0.25, -0.2) is 0 Å². The highest BCUT2D eigenvalue weighted by Crippen LogP contribution is 2.21. The molecule has 1 amide bonds. The molecule has 7 heteroatoms. The van der Waals surface area contributed by atoms with Gasteiger partial charge in [-0.2, -0.15) is 0 Å². The number of aryl methyl sites for hydroxylation is 1. The van der Waals surface area contributed by atoms with Crippen LogP contribution in [-0.2, 0) is 11.3 Å². The van der Waals surface area contributed by atoms with Crippen LogP contribution in [0.15, 0.2) is 48.5 Å². The Morgan fingerprint density at radius 3 is 2.22 bits per heavy atom. The number of carbonyl (C=O) groups is 1. The number of amides is 1. The molecule has 0 aliphatic carbocycles. The summed E-state index contributed by atoms with van der Waals surface area (Å²) in [7, 11) is 0. The highest BCUT2D eigenvalue weighted by molar-refractivity contribution is 5.73. The molecule has 1 unspecified atom stereocenters. The molecular weight excluding hydrogens is 454 g/mol. The maximum atomic E-state index is 12.2. The normalized spacial score (nSPS) is 21.7. The summed E-state index contributed by atoms with van der Waals surface area (Å²) in [5, 5.41) is 11.5. The van der Waals surface area contributed by atoms with Crippen molar-refractivity contribution < 1.29 is 19.4 Å². The third kappa shape index (κ3) is 7.95. The Labute approximate surface area is 215 Å². The Morgan fingerprint density at radius 2 is 1.53 bits per heavy atom.